The molecule has 1 heterocycles. The van der Waals surface area contributed by atoms with Gasteiger partial charge in [0.1, 0.15) is 0 Å². The molecule has 1 rings (SSSR count). The molecule has 0 radical (unpaired) electrons. The molecular weight excluding hydrogens is 220 g/mol. The Morgan fingerprint density at radius 3 is 2.75 bits per heavy atom. The lowest BCUT2D eigenvalue weighted by Gasteiger charge is -2.23. The molecule has 16 heavy (non-hydrogen) atoms. The molecule has 4 heteroatoms. The summed E-state index contributed by atoms with van der Waals surface area (Å²) in [4.78, 5) is 13.9. The van der Waals surface area contributed by atoms with Crippen LogP contribution < -0.4 is 5.32 Å². The number of amides is 1. The molecule has 1 aliphatic rings. The van der Waals surface area contributed by atoms with Crippen molar-refractivity contribution in [2.24, 2.45) is 0 Å². The molecule has 94 valence electrons. The van der Waals surface area contributed by atoms with Crippen molar-refractivity contribution in [2.45, 2.75) is 39.2 Å². The third-order valence-corrected chi connectivity index (χ3v) is 3.62. The molecule has 0 spiro atoms. The van der Waals surface area contributed by atoms with Crippen molar-refractivity contribution in [3.05, 3.63) is 0 Å². The number of nitrogens with one attached hydrogen (secondary N) is 1. The van der Waals surface area contributed by atoms with Crippen LogP contribution in [0.25, 0.3) is 0 Å². The standard InChI is InChI=1S/C12H24N2OS/c1-12(2,3)13-6-5-11(15)14-7-4-9-16-10-8-14/h13H,4-10H2,1-3H3. The average Bonchev–Trinajstić information content (AvgIpc) is 2.43. The minimum Gasteiger partial charge on any atom is -0.342 e. The minimum atomic E-state index is 0.106. The van der Waals surface area contributed by atoms with Crippen LogP contribution in [0, 0.1) is 0 Å². The molecule has 0 unspecified atom stereocenters. The lowest BCUT2D eigenvalue weighted by molar-refractivity contribution is -0.130. The predicted molar refractivity (Wildman–Crippen MR) is 70.9 cm³/mol. The highest BCUT2D eigenvalue weighted by Gasteiger charge is 2.16. The van der Waals surface area contributed by atoms with Gasteiger partial charge in [-0.15, -0.1) is 0 Å². The van der Waals surface area contributed by atoms with Crippen LogP contribution >= 0.6 is 11.8 Å². The van der Waals surface area contributed by atoms with Gasteiger partial charge in [-0.2, -0.15) is 11.8 Å². The van der Waals surface area contributed by atoms with Gasteiger partial charge in [-0.05, 0) is 32.9 Å². The Morgan fingerprint density at radius 2 is 2.06 bits per heavy atom. The Morgan fingerprint density at radius 1 is 1.31 bits per heavy atom. The van der Waals surface area contributed by atoms with E-state index in [1.165, 1.54) is 5.75 Å². The van der Waals surface area contributed by atoms with Gasteiger partial charge in [0.2, 0.25) is 5.91 Å². The van der Waals surface area contributed by atoms with Gasteiger partial charge in [-0.25, -0.2) is 0 Å². The van der Waals surface area contributed by atoms with Crippen molar-refractivity contribution < 1.29 is 4.79 Å². The summed E-state index contributed by atoms with van der Waals surface area (Å²) in [5, 5.41) is 3.35. The molecule has 0 aliphatic carbocycles. The lowest BCUT2D eigenvalue weighted by Crippen LogP contribution is -2.40. The molecule has 0 atom stereocenters. The molecule has 3 nitrogen and oxygen atoms in total. The van der Waals surface area contributed by atoms with Crippen LogP contribution in [0.2, 0.25) is 0 Å². The first-order valence-electron chi connectivity index (χ1n) is 6.09. The van der Waals surface area contributed by atoms with Gasteiger partial charge in [-0.1, -0.05) is 0 Å². The monoisotopic (exact) mass is 244 g/mol. The van der Waals surface area contributed by atoms with Gasteiger partial charge in [-0.3, -0.25) is 4.79 Å². The Bertz CT molecular complexity index is 218. The summed E-state index contributed by atoms with van der Waals surface area (Å²) >= 11 is 1.96. The first-order chi connectivity index (χ1) is 7.49. The predicted octanol–water partition coefficient (Wildman–Crippen LogP) is 1.73. The summed E-state index contributed by atoms with van der Waals surface area (Å²) in [6.45, 7) is 9.03. The van der Waals surface area contributed by atoms with Crippen molar-refractivity contribution >= 4 is 17.7 Å². The first kappa shape index (κ1) is 13.8. The maximum Gasteiger partial charge on any atom is 0.223 e. The number of thioether (sulfide) groups is 1. The fraction of sp³-hybridized carbons (Fsp3) is 0.917. The van der Waals surface area contributed by atoms with E-state index in [9.17, 15) is 4.79 Å². The number of rotatable bonds is 3. The molecule has 0 aromatic heterocycles. The third-order valence-electron chi connectivity index (χ3n) is 2.57. The van der Waals surface area contributed by atoms with Gasteiger partial charge < -0.3 is 10.2 Å². The molecule has 0 saturated carbocycles. The summed E-state index contributed by atoms with van der Waals surface area (Å²) in [5.41, 5.74) is 0.106. The smallest absolute Gasteiger partial charge is 0.223 e. The zero-order valence-corrected chi connectivity index (χ0v) is 11.5. The zero-order valence-electron chi connectivity index (χ0n) is 10.7. The Hall–Kier alpha value is -0.220. The highest BCUT2D eigenvalue weighted by molar-refractivity contribution is 7.99. The lowest BCUT2D eigenvalue weighted by atomic mass is 10.1. The summed E-state index contributed by atoms with van der Waals surface area (Å²) in [7, 11) is 0. The fourth-order valence-corrected chi connectivity index (χ4v) is 2.58. The minimum absolute atomic E-state index is 0.106. The van der Waals surface area contributed by atoms with Crippen LogP contribution in [-0.4, -0.2) is 47.5 Å². The van der Waals surface area contributed by atoms with Gasteiger partial charge in [0, 0.05) is 37.3 Å². The van der Waals surface area contributed by atoms with Crippen LogP contribution in [0.1, 0.15) is 33.6 Å². The van der Waals surface area contributed by atoms with Crippen LogP contribution in [0.15, 0.2) is 0 Å². The molecule has 1 amide bonds. The second-order valence-electron chi connectivity index (χ2n) is 5.27. The maximum atomic E-state index is 11.9. The molecule has 1 N–H and O–H groups in total. The average molecular weight is 244 g/mol. The topological polar surface area (TPSA) is 32.3 Å². The van der Waals surface area contributed by atoms with E-state index in [-0.39, 0.29) is 5.54 Å². The van der Waals surface area contributed by atoms with E-state index in [4.69, 9.17) is 0 Å². The van der Waals surface area contributed by atoms with Crippen LogP contribution in [0.3, 0.4) is 0 Å². The number of nitrogens with zero attached hydrogens (tertiary/aromatic N) is 1. The highest BCUT2D eigenvalue weighted by atomic mass is 32.2. The summed E-state index contributed by atoms with van der Waals surface area (Å²) < 4.78 is 0. The molecule has 1 saturated heterocycles. The summed E-state index contributed by atoms with van der Waals surface area (Å²) in [5.74, 6) is 2.60. The van der Waals surface area contributed by atoms with Gasteiger partial charge in [0.05, 0.1) is 0 Å². The summed E-state index contributed by atoms with van der Waals surface area (Å²) in [6.07, 6.45) is 1.77. The molecular formula is C12H24N2OS. The highest BCUT2D eigenvalue weighted by Crippen LogP contribution is 2.10. The molecule has 0 aromatic carbocycles. The quantitative estimate of drug-likeness (QED) is 0.820. The molecule has 0 bridgehead atoms. The van der Waals surface area contributed by atoms with Crippen LogP contribution in [0.5, 0.6) is 0 Å². The fourth-order valence-electron chi connectivity index (χ4n) is 1.70. The normalized spacial score (nSPS) is 18.3. The maximum absolute atomic E-state index is 11.9. The molecule has 1 fully saturated rings. The van der Waals surface area contributed by atoms with E-state index in [0.29, 0.717) is 12.3 Å². The van der Waals surface area contributed by atoms with Crippen molar-refractivity contribution in [3.63, 3.8) is 0 Å². The Balaban J connectivity index is 2.23. The molecule has 0 aromatic rings. The van der Waals surface area contributed by atoms with Crippen molar-refractivity contribution in [2.75, 3.05) is 31.1 Å². The van der Waals surface area contributed by atoms with E-state index in [0.717, 1.165) is 31.8 Å². The number of carbonyl (C=O) groups is 1. The van der Waals surface area contributed by atoms with E-state index in [2.05, 4.69) is 26.1 Å². The van der Waals surface area contributed by atoms with Gasteiger partial charge in [0.25, 0.3) is 0 Å². The van der Waals surface area contributed by atoms with E-state index in [1.54, 1.807) is 0 Å². The van der Waals surface area contributed by atoms with Crippen LogP contribution in [-0.2, 0) is 4.79 Å². The number of hydrogen-bond acceptors (Lipinski definition) is 3. The van der Waals surface area contributed by atoms with E-state index in [1.807, 2.05) is 16.7 Å². The SMILES string of the molecule is CC(C)(C)NCCC(=O)N1CCCSCC1. The third kappa shape index (κ3) is 5.75. The zero-order chi connectivity index (χ0) is 12.0. The Labute approximate surface area is 103 Å². The number of carbonyl (C=O) groups excluding carboxylic acids is 1. The number of hydrogen-bond donors (Lipinski definition) is 1. The van der Waals surface area contributed by atoms with E-state index >= 15 is 0 Å². The van der Waals surface area contributed by atoms with Crippen molar-refractivity contribution in [1.29, 1.82) is 0 Å². The van der Waals surface area contributed by atoms with Gasteiger partial charge in [0.15, 0.2) is 0 Å². The summed E-state index contributed by atoms with van der Waals surface area (Å²) in [6, 6.07) is 0. The first-order valence-corrected chi connectivity index (χ1v) is 7.25. The molecule has 1 aliphatic heterocycles. The largest absolute Gasteiger partial charge is 0.342 e. The van der Waals surface area contributed by atoms with Crippen LogP contribution in [0.4, 0.5) is 0 Å². The van der Waals surface area contributed by atoms with E-state index < -0.39 is 0 Å². The van der Waals surface area contributed by atoms with Gasteiger partial charge >= 0.3 is 0 Å². The second-order valence-corrected chi connectivity index (χ2v) is 6.50. The van der Waals surface area contributed by atoms with Crippen molar-refractivity contribution in [3.8, 4) is 0 Å². The van der Waals surface area contributed by atoms with Crippen molar-refractivity contribution in [1.82, 2.24) is 10.2 Å². The Kier molecular flexibility index (Phi) is 5.62. The second kappa shape index (κ2) is 6.50.